The van der Waals surface area contributed by atoms with Gasteiger partial charge in [-0.15, -0.1) is 0 Å². The van der Waals surface area contributed by atoms with Crippen molar-refractivity contribution in [2.75, 3.05) is 5.33 Å². The van der Waals surface area contributed by atoms with E-state index >= 15 is 0 Å². The molecule has 0 spiro atoms. The standard InChI is InChI=1S/C10H10Br2O2/c11-5-7-2-1-3-10(14)9(7)4-8(13)6-12/h1-3,14H,4-6H2. The Morgan fingerprint density at radius 3 is 2.64 bits per heavy atom. The van der Waals surface area contributed by atoms with Crippen molar-refractivity contribution in [3.63, 3.8) is 0 Å². The Morgan fingerprint density at radius 1 is 1.36 bits per heavy atom. The number of phenols is 1. The fraction of sp³-hybridized carbons (Fsp3) is 0.300. The Kier molecular flexibility index (Phi) is 4.62. The molecule has 0 saturated heterocycles. The van der Waals surface area contributed by atoms with Crippen LogP contribution in [0.4, 0.5) is 0 Å². The zero-order valence-corrected chi connectivity index (χ0v) is 10.6. The predicted octanol–water partition coefficient (Wildman–Crippen LogP) is 2.79. The molecule has 0 aliphatic heterocycles. The minimum absolute atomic E-state index is 0.0636. The van der Waals surface area contributed by atoms with E-state index in [0.717, 1.165) is 5.56 Å². The summed E-state index contributed by atoms with van der Waals surface area (Å²) in [6, 6.07) is 5.27. The number of carbonyl (C=O) groups is 1. The molecule has 1 aromatic carbocycles. The number of rotatable bonds is 4. The van der Waals surface area contributed by atoms with Gasteiger partial charge in [0.15, 0.2) is 0 Å². The molecular formula is C10H10Br2O2. The molecule has 1 aromatic rings. The summed E-state index contributed by atoms with van der Waals surface area (Å²) in [5, 5.41) is 10.5. The van der Waals surface area contributed by atoms with E-state index in [1.54, 1.807) is 12.1 Å². The molecule has 0 fully saturated rings. The highest BCUT2D eigenvalue weighted by molar-refractivity contribution is 9.09. The number of phenolic OH excluding ortho intramolecular Hbond substituents is 1. The molecule has 0 radical (unpaired) electrons. The first-order valence-electron chi connectivity index (χ1n) is 4.12. The van der Waals surface area contributed by atoms with Gasteiger partial charge in [0.2, 0.25) is 0 Å². The van der Waals surface area contributed by atoms with Crippen LogP contribution < -0.4 is 0 Å². The van der Waals surface area contributed by atoms with Crippen molar-refractivity contribution in [1.29, 1.82) is 0 Å². The van der Waals surface area contributed by atoms with Crippen LogP contribution in [0.15, 0.2) is 18.2 Å². The Morgan fingerprint density at radius 2 is 2.07 bits per heavy atom. The zero-order valence-electron chi connectivity index (χ0n) is 7.46. The number of halogens is 2. The molecule has 0 unspecified atom stereocenters. The Bertz CT molecular complexity index is 337. The van der Waals surface area contributed by atoms with Crippen molar-refractivity contribution >= 4 is 37.6 Å². The first kappa shape index (κ1) is 11.7. The fourth-order valence-corrected chi connectivity index (χ4v) is 1.92. The van der Waals surface area contributed by atoms with E-state index in [9.17, 15) is 9.90 Å². The molecule has 0 amide bonds. The fourth-order valence-electron chi connectivity index (χ4n) is 1.19. The molecule has 1 rings (SSSR count). The smallest absolute Gasteiger partial charge is 0.147 e. The second kappa shape index (κ2) is 5.51. The number of benzene rings is 1. The van der Waals surface area contributed by atoms with Crippen LogP contribution in [0.25, 0.3) is 0 Å². The molecule has 2 nitrogen and oxygen atoms in total. The summed E-state index contributed by atoms with van der Waals surface area (Å²) in [6.45, 7) is 0. The van der Waals surface area contributed by atoms with Gasteiger partial charge in [-0.25, -0.2) is 0 Å². The average molecular weight is 322 g/mol. The normalized spacial score (nSPS) is 10.1. The summed E-state index contributed by atoms with van der Waals surface area (Å²) in [4.78, 5) is 11.2. The molecule has 0 bridgehead atoms. The molecule has 76 valence electrons. The lowest BCUT2D eigenvalue weighted by atomic mass is 10.0. The van der Waals surface area contributed by atoms with Crippen LogP contribution in [0.5, 0.6) is 5.75 Å². The first-order chi connectivity index (χ1) is 6.69. The number of hydrogen-bond acceptors (Lipinski definition) is 2. The summed E-state index contributed by atoms with van der Waals surface area (Å²) >= 11 is 6.42. The van der Waals surface area contributed by atoms with Gasteiger partial charge >= 0.3 is 0 Å². The SMILES string of the molecule is O=C(CBr)Cc1c(O)cccc1CBr. The number of carbonyl (C=O) groups excluding carboxylic acids is 1. The summed E-state index contributed by atoms with van der Waals surface area (Å²) in [7, 11) is 0. The minimum Gasteiger partial charge on any atom is -0.508 e. The topological polar surface area (TPSA) is 37.3 Å². The monoisotopic (exact) mass is 320 g/mol. The van der Waals surface area contributed by atoms with Gasteiger partial charge in [0.1, 0.15) is 11.5 Å². The lowest BCUT2D eigenvalue weighted by molar-refractivity contribution is -0.115. The molecular weight excluding hydrogens is 312 g/mol. The van der Waals surface area contributed by atoms with Crippen molar-refractivity contribution in [1.82, 2.24) is 0 Å². The van der Waals surface area contributed by atoms with Crippen LogP contribution in [0, 0.1) is 0 Å². The average Bonchev–Trinajstić information content (AvgIpc) is 2.20. The molecule has 4 heteroatoms. The van der Waals surface area contributed by atoms with Crippen LogP contribution in [-0.4, -0.2) is 16.2 Å². The van der Waals surface area contributed by atoms with Gasteiger partial charge in [0.05, 0.1) is 5.33 Å². The molecule has 14 heavy (non-hydrogen) atoms. The maximum absolute atomic E-state index is 11.2. The first-order valence-corrected chi connectivity index (χ1v) is 6.36. The molecule has 0 aliphatic rings. The van der Waals surface area contributed by atoms with Crippen LogP contribution >= 0.6 is 31.9 Å². The highest BCUT2D eigenvalue weighted by Gasteiger charge is 2.10. The van der Waals surface area contributed by atoms with E-state index in [2.05, 4.69) is 31.9 Å². The molecule has 0 saturated carbocycles. The molecule has 0 aromatic heterocycles. The summed E-state index contributed by atoms with van der Waals surface area (Å²) in [5.74, 6) is 0.255. The van der Waals surface area contributed by atoms with E-state index in [-0.39, 0.29) is 18.0 Å². The third kappa shape index (κ3) is 2.82. The van der Waals surface area contributed by atoms with Gasteiger partial charge in [-0.1, -0.05) is 44.0 Å². The maximum Gasteiger partial charge on any atom is 0.147 e. The zero-order chi connectivity index (χ0) is 10.6. The lowest BCUT2D eigenvalue weighted by Crippen LogP contribution is -2.05. The second-order valence-electron chi connectivity index (χ2n) is 2.90. The van der Waals surface area contributed by atoms with E-state index in [1.807, 2.05) is 6.07 Å². The van der Waals surface area contributed by atoms with Crippen molar-refractivity contribution < 1.29 is 9.90 Å². The lowest BCUT2D eigenvalue weighted by Gasteiger charge is -2.07. The van der Waals surface area contributed by atoms with E-state index in [4.69, 9.17) is 0 Å². The third-order valence-electron chi connectivity index (χ3n) is 1.92. The van der Waals surface area contributed by atoms with Crippen molar-refractivity contribution in [3.8, 4) is 5.75 Å². The van der Waals surface area contributed by atoms with Gasteiger partial charge < -0.3 is 5.11 Å². The summed E-state index contributed by atoms with van der Waals surface area (Å²) in [5.41, 5.74) is 1.67. The quantitative estimate of drug-likeness (QED) is 0.866. The van der Waals surface area contributed by atoms with E-state index in [0.29, 0.717) is 16.2 Å². The molecule has 0 aliphatic carbocycles. The number of Topliss-reactive ketones (excluding diaryl/α,β-unsaturated/α-hetero) is 1. The van der Waals surface area contributed by atoms with Gasteiger partial charge in [-0.05, 0) is 11.6 Å². The molecule has 1 N–H and O–H groups in total. The van der Waals surface area contributed by atoms with Gasteiger partial charge in [-0.3, -0.25) is 4.79 Å². The van der Waals surface area contributed by atoms with Crippen molar-refractivity contribution in [3.05, 3.63) is 29.3 Å². The minimum atomic E-state index is 0.0636. The number of aromatic hydroxyl groups is 1. The highest BCUT2D eigenvalue weighted by atomic mass is 79.9. The Hall–Kier alpha value is -0.350. The van der Waals surface area contributed by atoms with Crippen LogP contribution in [0.1, 0.15) is 11.1 Å². The Labute approximate surface area is 99.6 Å². The van der Waals surface area contributed by atoms with Crippen LogP contribution in [0.2, 0.25) is 0 Å². The van der Waals surface area contributed by atoms with E-state index in [1.165, 1.54) is 0 Å². The number of ketones is 1. The second-order valence-corrected chi connectivity index (χ2v) is 4.02. The largest absolute Gasteiger partial charge is 0.508 e. The van der Waals surface area contributed by atoms with Crippen LogP contribution in [-0.2, 0) is 16.5 Å². The van der Waals surface area contributed by atoms with Gasteiger partial charge in [0, 0.05) is 17.3 Å². The van der Waals surface area contributed by atoms with Crippen LogP contribution in [0.3, 0.4) is 0 Å². The van der Waals surface area contributed by atoms with Gasteiger partial charge in [0.25, 0.3) is 0 Å². The number of alkyl halides is 2. The Balaban J connectivity index is 2.98. The highest BCUT2D eigenvalue weighted by Crippen LogP contribution is 2.23. The molecule has 0 atom stereocenters. The van der Waals surface area contributed by atoms with Gasteiger partial charge in [-0.2, -0.15) is 0 Å². The molecule has 0 heterocycles. The maximum atomic E-state index is 11.2. The summed E-state index contributed by atoms with van der Waals surface area (Å²) < 4.78 is 0. The van der Waals surface area contributed by atoms with E-state index < -0.39 is 0 Å². The van der Waals surface area contributed by atoms with Crippen molar-refractivity contribution in [2.45, 2.75) is 11.8 Å². The predicted molar refractivity (Wildman–Crippen MR) is 63.2 cm³/mol. The van der Waals surface area contributed by atoms with Crippen molar-refractivity contribution in [2.24, 2.45) is 0 Å². The summed E-state index contributed by atoms with van der Waals surface area (Å²) in [6.07, 6.45) is 0.277. The number of hydrogen-bond donors (Lipinski definition) is 1. The third-order valence-corrected chi connectivity index (χ3v) is 3.14.